The molecule has 0 aromatic heterocycles. The average molecular weight is 317 g/mol. The van der Waals surface area contributed by atoms with Crippen molar-refractivity contribution < 1.29 is 9.72 Å². The number of hydrogen-bond acceptors (Lipinski definition) is 5. The van der Waals surface area contributed by atoms with E-state index in [2.05, 4.69) is 5.32 Å². The van der Waals surface area contributed by atoms with E-state index < -0.39 is 4.92 Å². The number of carbonyl (C=O) groups excluding carboxylic acids is 1. The topological polar surface area (TPSA) is 72.2 Å². The molecule has 0 aliphatic rings. The van der Waals surface area contributed by atoms with E-state index >= 15 is 0 Å². The standard InChI is InChI=1S/C11H9ClN2O3S2/c1-13-11(18)19-9(6-15)4-7-2-3-8(12)5-10(7)14(16)17/h2-6H,1H3,(H,13,18)/b9-4-. The molecule has 0 heterocycles. The molecule has 1 aromatic carbocycles. The minimum Gasteiger partial charge on any atom is -0.374 e. The first-order valence-electron chi connectivity index (χ1n) is 4.98. The zero-order chi connectivity index (χ0) is 14.4. The molecule has 0 spiro atoms. The Labute approximate surface area is 124 Å². The van der Waals surface area contributed by atoms with E-state index in [4.69, 9.17) is 23.8 Å². The molecule has 0 aliphatic carbocycles. The Morgan fingerprint density at radius 1 is 1.58 bits per heavy atom. The van der Waals surface area contributed by atoms with Crippen LogP contribution in [0.15, 0.2) is 23.1 Å². The highest BCUT2D eigenvalue weighted by Gasteiger charge is 2.13. The molecular weight excluding hydrogens is 308 g/mol. The van der Waals surface area contributed by atoms with Gasteiger partial charge in [-0.25, -0.2) is 0 Å². The van der Waals surface area contributed by atoms with Gasteiger partial charge in [0, 0.05) is 18.1 Å². The van der Waals surface area contributed by atoms with Crippen LogP contribution in [0.25, 0.3) is 6.08 Å². The van der Waals surface area contributed by atoms with Crippen molar-refractivity contribution in [1.29, 1.82) is 0 Å². The van der Waals surface area contributed by atoms with Gasteiger partial charge in [-0.3, -0.25) is 14.9 Å². The molecule has 19 heavy (non-hydrogen) atoms. The Hall–Kier alpha value is -1.44. The first kappa shape index (κ1) is 15.6. The summed E-state index contributed by atoms with van der Waals surface area (Å²) in [5, 5.41) is 13.9. The average Bonchev–Trinajstić information content (AvgIpc) is 2.39. The van der Waals surface area contributed by atoms with Gasteiger partial charge in [0.1, 0.15) is 4.32 Å². The number of rotatable bonds is 4. The largest absolute Gasteiger partial charge is 0.374 e. The molecule has 0 radical (unpaired) electrons. The van der Waals surface area contributed by atoms with Gasteiger partial charge in [0.25, 0.3) is 5.69 Å². The van der Waals surface area contributed by atoms with Crippen LogP contribution < -0.4 is 5.32 Å². The number of aldehydes is 1. The van der Waals surface area contributed by atoms with Crippen molar-refractivity contribution in [2.75, 3.05) is 7.05 Å². The number of carbonyl (C=O) groups is 1. The van der Waals surface area contributed by atoms with Crippen molar-refractivity contribution in [2.24, 2.45) is 0 Å². The summed E-state index contributed by atoms with van der Waals surface area (Å²) in [6, 6.07) is 4.23. The Bertz CT molecular complexity index is 561. The molecule has 0 fully saturated rings. The van der Waals surface area contributed by atoms with Gasteiger partial charge in [-0.05, 0) is 18.2 Å². The number of nitrogens with zero attached hydrogens (tertiary/aromatic N) is 1. The minimum atomic E-state index is -0.554. The first-order chi connectivity index (χ1) is 8.97. The smallest absolute Gasteiger partial charge is 0.278 e. The number of thiocarbonyl (C=S) groups is 1. The van der Waals surface area contributed by atoms with Gasteiger partial charge in [-0.1, -0.05) is 35.6 Å². The lowest BCUT2D eigenvalue weighted by atomic mass is 10.1. The molecule has 0 unspecified atom stereocenters. The Balaban J connectivity index is 3.17. The third kappa shape index (κ3) is 4.62. The highest BCUT2D eigenvalue weighted by molar-refractivity contribution is 8.26. The minimum absolute atomic E-state index is 0.164. The predicted molar refractivity (Wildman–Crippen MR) is 81.4 cm³/mol. The second-order valence-corrected chi connectivity index (χ2v) is 5.45. The number of thioether (sulfide) groups is 1. The number of halogens is 1. The third-order valence-corrected chi connectivity index (χ3v) is 3.55. The maximum absolute atomic E-state index is 10.9. The maximum atomic E-state index is 10.9. The Morgan fingerprint density at radius 3 is 2.79 bits per heavy atom. The fraction of sp³-hybridized carbons (Fsp3) is 0.0909. The molecule has 0 saturated heterocycles. The fourth-order valence-corrected chi connectivity index (χ4v) is 2.20. The molecule has 100 valence electrons. The first-order valence-corrected chi connectivity index (χ1v) is 6.58. The zero-order valence-electron chi connectivity index (χ0n) is 9.75. The van der Waals surface area contributed by atoms with Crippen molar-refractivity contribution in [1.82, 2.24) is 5.32 Å². The van der Waals surface area contributed by atoms with Crippen molar-refractivity contribution in [3.63, 3.8) is 0 Å². The van der Waals surface area contributed by atoms with Gasteiger partial charge in [0.2, 0.25) is 0 Å². The van der Waals surface area contributed by atoms with E-state index in [1.165, 1.54) is 24.3 Å². The highest BCUT2D eigenvalue weighted by Crippen LogP contribution is 2.27. The monoisotopic (exact) mass is 316 g/mol. The summed E-state index contributed by atoms with van der Waals surface area (Å²) in [5.41, 5.74) is 0.130. The van der Waals surface area contributed by atoms with E-state index in [1.807, 2.05) is 0 Å². The summed E-state index contributed by atoms with van der Waals surface area (Å²) in [6.07, 6.45) is 1.99. The zero-order valence-corrected chi connectivity index (χ0v) is 12.1. The quantitative estimate of drug-likeness (QED) is 0.303. The molecule has 0 atom stereocenters. The van der Waals surface area contributed by atoms with Crippen molar-refractivity contribution in [3.05, 3.63) is 43.8 Å². The van der Waals surface area contributed by atoms with Crippen LogP contribution in [0.1, 0.15) is 5.56 Å². The Kier molecular flexibility index (Phi) is 5.94. The lowest BCUT2D eigenvalue weighted by Gasteiger charge is -2.02. The fourth-order valence-electron chi connectivity index (χ4n) is 1.20. The summed E-state index contributed by atoms with van der Waals surface area (Å²) in [6.45, 7) is 0. The number of hydrogen-bond donors (Lipinski definition) is 1. The van der Waals surface area contributed by atoms with E-state index in [9.17, 15) is 14.9 Å². The number of nitro benzene ring substituents is 1. The van der Waals surface area contributed by atoms with E-state index in [0.717, 1.165) is 11.8 Å². The van der Waals surface area contributed by atoms with Crippen LogP contribution in [-0.2, 0) is 4.79 Å². The highest BCUT2D eigenvalue weighted by atomic mass is 35.5. The molecular formula is C11H9ClN2O3S2. The summed E-state index contributed by atoms with van der Waals surface area (Å²) in [4.78, 5) is 21.6. The Morgan fingerprint density at radius 2 is 2.26 bits per heavy atom. The number of nitrogens with one attached hydrogen (secondary N) is 1. The van der Waals surface area contributed by atoms with Crippen LogP contribution in [0.3, 0.4) is 0 Å². The second kappa shape index (κ2) is 7.22. The van der Waals surface area contributed by atoms with E-state index in [-0.39, 0.29) is 15.6 Å². The number of benzene rings is 1. The van der Waals surface area contributed by atoms with Gasteiger partial charge in [-0.15, -0.1) is 0 Å². The molecule has 1 N–H and O–H groups in total. The van der Waals surface area contributed by atoms with E-state index in [0.29, 0.717) is 16.2 Å². The molecule has 8 heteroatoms. The third-order valence-electron chi connectivity index (χ3n) is 2.02. The van der Waals surface area contributed by atoms with Crippen LogP contribution in [0, 0.1) is 10.1 Å². The van der Waals surface area contributed by atoms with Gasteiger partial charge >= 0.3 is 0 Å². The van der Waals surface area contributed by atoms with Gasteiger partial charge < -0.3 is 5.32 Å². The molecule has 0 amide bonds. The molecule has 0 saturated carbocycles. The summed E-state index contributed by atoms with van der Waals surface area (Å²) >= 11 is 11.6. The van der Waals surface area contributed by atoms with Crippen LogP contribution in [-0.4, -0.2) is 22.6 Å². The van der Waals surface area contributed by atoms with Gasteiger partial charge in [0.15, 0.2) is 6.29 Å². The lowest BCUT2D eigenvalue weighted by Crippen LogP contribution is -2.11. The summed E-state index contributed by atoms with van der Waals surface area (Å²) < 4.78 is 0.398. The molecule has 1 aromatic rings. The van der Waals surface area contributed by atoms with Crippen LogP contribution >= 0.6 is 35.6 Å². The van der Waals surface area contributed by atoms with Crippen LogP contribution in [0.4, 0.5) is 5.69 Å². The van der Waals surface area contributed by atoms with Crippen molar-refractivity contribution in [2.45, 2.75) is 0 Å². The molecule has 0 aliphatic heterocycles. The predicted octanol–water partition coefficient (Wildman–Crippen LogP) is 3.03. The molecule has 1 rings (SSSR count). The SMILES string of the molecule is CNC(=S)S/C(C=O)=C\c1ccc(Cl)cc1[N+](=O)[O-]. The summed E-state index contributed by atoms with van der Waals surface area (Å²) in [7, 11) is 1.63. The maximum Gasteiger partial charge on any atom is 0.278 e. The summed E-state index contributed by atoms with van der Waals surface area (Å²) in [5.74, 6) is 0. The number of nitro groups is 1. The van der Waals surface area contributed by atoms with Crippen LogP contribution in [0.2, 0.25) is 5.02 Å². The van der Waals surface area contributed by atoms with E-state index in [1.54, 1.807) is 7.05 Å². The van der Waals surface area contributed by atoms with Gasteiger partial charge in [0.05, 0.1) is 15.4 Å². The normalized spacial score (nSPS) is 10.9. The molecule has 0 bridgehead atoms. The molecule has 5 nitrogen and oxygen atoms in total. The van der Waals surface area contributed by atoms with Gasteiger partial charge in [-0.2, -0.15) is 0 Å². The number of allylic oxidation sites excluding steroid dienone is 1. The lowest BCUT2D eigenvalue weighted by molar-refractivity contribution is -0.385. The van der Waals surface area contributed by atoms with Crippen molar-refractivity contribution >= 4 is 58.0 Å². The van der Waals surface area contributed by atoms with Crippen molar-refractivity contribution in [3.8, 4) is 0 Å². The van der Waals surface area contributed by atoms with Crippen LogP contribution in [0.5, 0.6) is 0 Å². The second-order valence-electron chi connectivity index (χ2n) is 3.26.